The molecule has 1 amide bonds. The summed E-state index contributed by atoms with van der Waals surface area (Å²) in [5, 5.41) is 9.66. The normalized spacial score (nSPS) is 10.8. The molecule has 0 fully saturated rings. The second kappa shape index (κ2) is 6.73. The van der Waals surface area contributed by atoms with Crippen molar-refractivity contribution in [1.29, 1.82) is 0 Å². The van der Waals surface area contributed by atoms with Crippen molar-refractivity contribution in [3.8, 4) is 0 Å². The quantitative estimate of drug-likeness (QED) is 0.860. The van der Waals surface area contributed by atoms with Crippen LogP contribution in [0.3, 0.4) is 0 Å². The van der Waals surface area contributed by atoms with E-state index in [0.29, 0.717) is 5.58 Å². The van der Waals surface area contributed by atoms with Gasteiger partial charge in [-0.15, -0.1) is 0 Å². The number of hydrogen-bond acceptors (Lipinski definition) is 4. The molecule has 0 spiro atoms. The van der Waals surface area contributed by atoms with Gasteiger partial charge in [-0.2, -0.15) is 0 Å². The van der Waals surface area contributed by atoms with Crippen molar-refractivity contribution in [2.75, 3.05) is 26.8 Å². The summed E-state index contributed by atoms with van der Waals surface area (Å²) in [6.45, 7) is 0.0378. The first-order chi connectivity index (χ1) is 10.0. The maximum absolute atomic E-state index is 12.3. The van der Waals surface area contributed by atoms with E-state index in [0.717, 1.165) is 9.86 Å². The molecule has 7 heteroatoms. The number of amides is 1. The van der Waals surface area contributed by atoms with Crippen molar-refractivity contribution < 1.29 is 23.8 Å². The number of halogens is 1. The molecule has 0 atom stereocenters. The van der Waals surface area contributed by atoms with Gasteiger partial charge in [0.05, 0.1) is 6.61 Å². The van der Waals surface area contributed by atoms with Gasteiger partial charge in [-0.3, -0.25) is 9.59 Å². The molecule has 112 valence electrons. The van der Waals surface area contributed by atoms with Crippen LogP contribution in [0.1, 0.15) is 10.6 Å². The molecule has 0 aliphatic heterocycles. The largest absolute Gasteiger partial charge is 0.480 e. The average molecular weight is 356 g/mol. The van der Waals surface area contributed by atoms with Crippen LogP contribution in [0, 0.1) is 0 Å². The Morgan fingerprint density at radius 2 is 2.14 bits per heavy atom. The summed E-state index contributed by atoms with van der Waals surface area (Å²) in [4.78, 5) is 24.4. The van der Waals surface area contributed by atoms with Gasteiger partial charge in [0.1, 0.15) is 12.1 Å². The van der Waals surface area contributed by atoms with Gasteiger partial charge in [0.15, 0.2) is 5.76 Å². The van der Waals surface area contributed by atoms with Crippen LogP contribution in [-0.4, -0.2) is 48.7 Å². The van der Waals surface area contributed by atoms with E-state index < -0.39 is 18.4 Å². The van der Waals surface area contributed by atoms with Crippen LogP contribution in [0.4, 0.5) is 0 Å². The zero-order valence-corrected chi connectivity index (χ0v) is 12.9. The summed E-state index contributed by atoms with van der Waals surface area (Å²) >= 11 is 3.34. The number of aliphatic carboxylic acids is 1. The minimum Gasteiger partial charge on any atom is -0.480 e. The van der Waals surface area contributed by atoms with Crippen molar-refractivity contribution >= 4 is 38.8 Å². The van der Waals surface area contributed by atoms with E-state index in [1.165, 1.54) is 12.0 Å². The molecule has 0 saturated heterocycles. The lowest BCUT2D eigenvalue weighted by Gasteiger charge is -2.18. The standard InChI is InChI=1S/C14H14BrNO5/c1-20-5-4-16(8-13(17)18)14(19)12-7-9-6-10(15)2-3-11(9)21-12/h2-3,6-7H,4-5,8H2,1H3,(H,17,18). The van der Waals surface area contributed by atoms with Crippen LogP contribution in [-0.2, 0) is 9.53 Å². The molecule has 1 N–H and O–H groups in total. The lowest BCUT2D eigenvalue weighted by Crippen LogP contribution is -2.37. The monoisotopic (exact) mass is 355 g/mol. The minimum absolute atomic E-state index is 0.112. The van der Waals surface area contributed by atoms with Crippen LogP contribution >= 0.6 is 15.9 Å². The second-order valence-corrected chi connectivity index (χ2v) is 5.32. The number of carboxylic acid groups (broad SMARTS) is 1. The Morgan fingerprint density at radius 3 is 2.81 bits per heavy atom. The zero-order valence-electron chi connectivity index (χ0n) is 11.3. The predicted molar refractivity (Wildman–Crippen MR) is 79.3 cm³/mol. The highest BCUT2D eigenvalue weighted by atomic mass is 79.9. The molecule has 0 radical (unpaired) electrons. The smallest absolute Gasteiger partial charge is 0.323 e. The number of carbonyl (C=O) groups excluding carboxylic acids is 1. The third kappa shape index (κ3) is 3.83. The summed E-state index contributed by atoms with van der Waals surface area (Å²) in [6, 6.07) is 6.98. The summed E-state index contributed by atoms with van der Waals surface area (Å²) in [5.41, 5.74) is 0.573. The van der Waals surface area contributed by atoms with E-state index >= 15 is 0 Å². The molecule has 6 nitrogen and oxygen atoms in total. The predicted octanol–water partition coefficient (Wildman–Crippen LogP) is 2.37. The van der Waals surface area contributed by atoms with E-state index in [2.05, 4.69) is 15.9 Å². The van der Waals surface area contributed by atoms with Crippen LogP contribution < -0.4 is 0 Å². The molecular formula is C14H14BrNO5. The number of nitrogens with zero attached hydrogens (tertiary/aromatic N) is 1. The number of carboxylic acids is 1. The first kappa shape index (κ1) is 15.5. The first-order valence-electron chi connectivity index (χ1n) is 6.20. The van der Waals surface area contributed by atoms with Crippen molar-refractivity contribution in [3.63, 3.8) is 0 Å². The van der Waals surface area contributed by atoms with Gasteiger partial charge in [0.2, 0.25) is 0 Å². The van der Waals surface area contributed by atoms with Crippen molar-refractivity contribution in [3.05, 3.63) is 34.5 Å². The summed E-state index contributed by atoms with van der Waals surface area (Å²) in [5.74, 6) is -1.44. The Morgan fingerprint density at radius 1 is 1.38 bits per heavy atom. The highest BCUT2D eigenvalue weighted by Gasteiger charge is 2.21. The fourth-order valence-electron chi connectivity index (χ4n) is 1.89. The lowest BCUT2D eigenvalue weighted by molar-refractivity contribution is -0.137. The van der Waals surface area contributed by atoms with Crippen LogP contribution in [0.25, 0.3) is 11.0 Å². The van der Waals surface area contributed by atoms with Gasteiger partial charge in [0, 0.05) is 23.5 Å². The SMILES string of the molecule is COCCN(CC(=O)O)C(=O)c1cc2cc(Br)ccc2o1. The molecule has 0 bridgehead atoms. The molecule has 0 aliphatic carbocycles. The molecule has 21 heavy (non-hydrogen) atoms. The molecular weight excluding hydrogens is 342 g/mol. The number of ether oxygens (including phenoxy) is 1. The van der Waals surface area contributed by atoms with Crippen LogP contribution in [0.5, 0.6) is 0 Å². The number of benzene rings is 1. The Labute approximate surface area is 129 Å². The number of rotatable bonds is 6. The van der Waals surface area contributed by atoms with Gasteiger partial charge in [-0.1, -0.05) is 15.9 Å². The number of carbonyl (C=O) groups is 2. The van der Waals surface area contributed by atoms with E-state index in [1.807, 2.05) is 6.07 Å². The third-order valence-electron chi connectivity index (χ3n) is 2.87. The fourth-order valence-corrected chi connectivity index (χ4v) is 2.27. The molecule has 0 unspecified atom stereocenters. The van der Waals surface area contributed by atoms with Crippen molar-refractivity contribution in [1.82, 2.24) is 4.90 Å². The average Bonchev–Trinajstić information content (AvgIpc) is 2.85. The summed E-state index contributed by atoms with van der Waals surface area (Å²) in [7, 11) is 1.49. The third-order valence-corrected chi connectivity index (χ3v) is 3.36. The van der Waals surface area contributed by atoms with Gasteiger partial charge < -0.3 is 19.2 Å². The number of methoxy groups -OCH3 is 1. The molecule has 0 aliphatic rings. The van der Waals surface area contributed by atoms with Crippen molar-refractivity contribution in [2.24, 2.45) is 0 Å². The Hall–Kier alpha value is -1.86. The molecule has 1 aromatic carbocycles. The van der Waals surface area contributed by atoms with E-state index in [9.17, 15) is 9.59 Å². The summed E-state index contributed by atoms with van der Waals surface area (Å²) in [6.07, 6.45) is 0. The van der Waals surface area contributed by atoms with Gasteiger partial charge in [-0.25, -0.2) is 0 Å². The van der Waals surface area contributed by atoms with Gasteiger partial charge in [-0.05, 0) is 24.3 Å². The topological polar surface area (TPSA) is 80.0 Å². The van der Waals surface area contributed by atoms with E-state index in [-0.39, 0.29) is 18.9 Å². The minimum atomic E-state index is -1.08. The Bertz CT molecular complexity index is 666. The molecule has 0 saturated carbocycles. The molecule has 2 rings (SSSR count). The van der Waals surface area contributed by atoms with Crippen molar-refractivity contribution in [2.45, 2.75) is 0 Å². The zero-order chi connectivity index (χ0) is 15.4. The van der Waals surface area contributed by atoms with E-state index in [4.69, 9.17) is 14.3 Å². The lowest BCUT2D eigenvalue weighted by atomic mass is 10.2. The highest BCUT2D eigenvalue weighted by molar-refractivity contribution is 9.10. The summed E-state index contributed by atoms with van der Waals surface area (Å²) < 4.78 is 11.2. The van der Waals surface area contributed by atoms with Crippen LogP contribution in [0.15, 0.2) is 33.2 Å². The number of hydrogen-bond donors (Lipinski definition) is 1. The second-order valence-electron chi connectivity index (χ2n) is 4.41. The maximum atomic E-state index is 12.3. The Kier molecular flexibility index (Phi) is 4.98. The molecule has 1 heterocycles. The fraction of sp³-hybridized carbons (Fsp3) is 0.286. The van der Waals surface area contributed by atoms with Gasteiger partial charge in [0.25, 0.3) is 5.91 Å². The molecule has 2 aromatic rings. The van der Waals surface area contributed by atoms with Gasteiger partial charge >= 0.3 is 5.97 Å². The highest BCUT2D eigenvalue weighted by Crippen LogP contribution is 2.24. The Balaban J connectivity index is 2.26. The number of furan rings is 1. The molecule has 1 aromatic heterocycles. The maximum Gasteiger partial charge on any atom is 0.323 e. The first-order valence-corrected chi connectivity index (χ1v) is 6.99. The van der Waals surface area contributed by atoms with E-state index in [1.54, 1.807) is 18.2 Å². The van der Waals surface area contributed by atoms with Crippen LogP contribution in [0.2, 0.25) is 0 Å². The number of fused-ring (bicyclic) bond motifs is 1.